The summed E-state index contributed by atoms with van der Waals surface area (Å²) >= 11 is 1.35. The van der Waals surface area contributed by atoms with Crippen LogP contribution < -0.4 is 11.1 Å². The molecule has 21 heavy (non-hydrogen) atoms. The van der Waals surface area contributed by atoms with Gasteiger partial charge in [-0.25, -0.2) is 4.98 Å². The number of benzene rings is 1. The maximum Gasteiger partial charge on any atom is 0.248 e. The molecule has 0 saturated carbocycles. The van der Waals surface area contributed by atoms with Crippen molar-refractivity contribution in [2.75, 3.05) is 11.1 Å². The molecule has 1 aromatic heterocycles. The van der Waals surface area contributed by atoms with Gasteiger partial charge in [-0.2, -0.15) is 0 Å². The molecule has 108 valence electrons. The molecule has 0 aliphatic heterocycles. The number of carbonyl (C=O) groups excluding carboxylic acids is 2. The zero-order valence-corrected chi connectivity index (χ0v) is 12.3. The molecule has 1 aromatic carbocycles. The highest BCUT2D eigenvalue weighted by molar-refractivity contribution is 7.99. The second-order valence-corrected chi connectivity index (χ2v) is 5.45. The Labute approximate surface area is 127 Å². The number of rotatable bonds is 5. The summed E-state index contributed by atoms with van der Waals surface area (Å²) in [5.41, 5.74) is 7.06. The summed E-state index contributed by atoms with van der Waals surface area (Å²) in [4.78, 5) is 27.2. The third-order valence-corrected chi connectivity index (χ3v) is 3.58. The molecular formula is C15H15N3O2S. The molecule has 0 atom stereocenters. The maximum absolute atomic E-state index is 11.9. The van der Waals surface area contributed by atoms with Gasteiger partial charge in [0.25, 0.3) is 0 Å². The number of pyridine rings is 1. The Hall–Kier alpha value is -2.34. The van der Waals surface area contributed by atoms with Crippen LogP contribution in [0.5, 0.6) is 0 Å². The van der Waals surface area contributed by atoms with E-state index >= 15 is 0 Å². The first-order chi connectivity index (χ1) is 10.0. The smallest absolute Gasteiger partial charge is 0.248 e. The van der Waals surface area contributed by atoms with Gasteiger partial charge in [0.05, 0.1) is 10.8 Å². The van der Waals surface area contributed by atoms with Gasteiger partial charge in [-0.05, 0) is 42.8 Å². The number of amides is 2. The van der Waals surface area contributed by atoms with E-state index in [1.165, 1.54) is 11.8 Å². The van der Waals surface area contributed by atoms with Crippen LogP contribution >= 0.6 is 11.8 Å². The molecule has 2 aromatic rings. The fourth-order valence-electron chi connectivity index (χ4n) is 1.77. The summed E-state index contributed by atoms with van der Waals surface area (Å²) in [5, 5.41) is 3.54. The summed E-state index contributed by atoms with van der Waals surface area (Å²) in [5.74, 6) is -0.430. The molecule has 0 radical (unpaired) electrons. The van der Waals surface area contributed by atoms with Crippen LogP contribution in [0.1, 0.15) is 15.9 Å². The van der Waals surface area contributed by atoms with Gasteiger partial charge in [0.15, 0.2) is 0 Å². The standard InChI is InChI=1S/C15H15N3O2S/c1-10-6-11(15(16)20)8-12(7-10)18-13(19)9-21-14-4-2-3-5-17-14/h2-8H,9H2,1H3,(H2,16,20)(H,18,19). The van der Waals surface area contributed by atoms with Gasteiger partial charge in [0, 0.05) is 17.4 Å². The topological polar surface area (TPSA) is 85.1 Å². The average molecular weight is 301 g/mol. The largest absolute Gasteiger partial charge is 0.366 e. The Bertz CT molecular complexity index is 659. The van der Waals surface area contributed by atoms with E-state index in [-0.39, 0.29) is 11.7 Å². The van der Waals surface area contributed by atoms with E-state index in [9.17, 15) is 9.59 Å². The molecule has 2 rings (SSSR count). The van der Waals surface area contributed by atoms with Crippen LogP contribution in [0, 0.1) is 6.92 Å². The molecule has 6 heteroatoms. The number of thioether (sulfide) groups is 1. The second-order valence-electron chi connectivity index (χ2n) is 4.46. The Morgan fingerprint density at radius 3 is 2.76 bits per heavy atom. The monoisotopic (exact) mass is 301 g/mol. The van der Waals surface area contributed by atoms with Crippen LogP contribution in [-0.2, 0) is 4.79 Å². The zero-order chi connectivity index (χ0) is 15.2. The fourth-order valence-corrected chi connectivity index (χ4v) is 2.43. The number of hydrogen-bond acceptors (Lipinski definition) is 4. The predicted octanol–water partition coefficient (Wildman–Crippen LogP) is 2.22. The normalized spacial score (nSPS) is 10.1. The highest BCUT2D eigenvalue weighted by atomic mass is 32.2. The summed E-state index contributed by atoms with van der Waals surface area (Å²) in [6.07, 6.45) is 1.68. The van der Waals surface area contributed by atoms with Gasteiger partial charge in [-0.15, -0.1) is 0 Å². The van der Waals surface area contributed by atoms with Crippen LogP contribution in [0.15, 0.2) is 47.6 Å². The molecule has 0 bridgehead atoms. The predicted molar refractivity (Wildman–Crippen MR) is 83.3 cm³/mol. The van der Waals surface area contributed by atoms with E-state index in [4.69, 9.17) is 5.73 Å². The Balaban J connectivity index is 1.98. The van der Waals surface area contributed by atoms with Crippen molar-refractivity contribution in [3.63, 3.8) is 0 Å². The number of aromatic nitrogens is 1. The van der Waals surface area contributed by atoms with Crippen molar-refractivity contribution in [3.8, 4) is 0 Å². The van der Waals surface area contributed by atoms with Gasteiger partial charge in [0.2, 0.25) is 11.8 Å². The van der Waals surface area contributed by atoms with Crippen molar-refractivity contribution in [2.24, 2.45) is 5.73 Å². The van der Waals surface area contributed by atoms with E-state index in [1.54, 1.807) is 24.4 Å². The first-order valence-electron chi connectivity index (χ1n) is 6.30. The van der Waals surface area contributed by atoms with E-state index in [2.05, 4.69) is 10.3 Å². The van der Waals surface area contributed by atoms with Crippen LogP contribution in [0.3, 0.4) is 0 Å². The minimum atomic E-state index is -0.517. The average Bonchev–Trinajstić information content (AvgIpc) is 2.45. The van der Waals surface area contributed by atoms with Crippen LogP contribution in [0.2, 0.25) is 0 Å². The third-order valence-electron chi connectivity index (χ3n) is 2.63. The lowest BCUT2D eigenvalue weighted by molar-refractivity contribution is -0.113. The number of anilines is 1. The number of primary amides is 1. The Kier molecular flexibility index (Phi) is 4.94. The summed E-state index contributed by atoms with van der Waals surface area (Å²) < 4.78 is 0. The number of hydrogen-bond donors (Lipinski definition) is 2. The molecule has 2 amide bonds. The SMILES string of the molecule is Cc1cc(NC(=O)CSc2ccccn2)cc(C(N)=O)c1. The van der Waals surface area contributed by atoms with Gasteiger partial charge in [-0.3, -0.25) is 9.59 Å². The maximum atomic E-state index is 11.9. The van der Waals surface area contributed by atoms with Crippen molar-refractivity contribution in [3.05, 3.63) is 53.7 Å². The van der Waals surface area contributed by atoms with Crippen molar-refractivity contribution < 1.29 is 9.59 Å². The summed E-state index contributed by atoms with van der Waals surface area (Å²) in [7, 11) is 0. The fraction of sp³-hybridized carbons (Fsp3) is 0.133. The number of nitrogens with two attached hydrogens (primary N) is 1. The van der Waals surface area contributed by atoms with Gasteiger partial charge in [-0.1, -0.05) is 17.8 Å². The molecule has 3 N–H and O–H groups in total. The van der Waals surface area contributed by atoms with Crippen molar-refractivity contribution >= 4 is 29.3 Å². The highest BCUT2D eigenvalue weighted by Gasteiger charge is 2.07. The van der Waals surface area contributed by atoms with Crippen LogP contribution in [0.4, 0.5) is 5.69 Å². The zero-order valence-electron chi connectivity index (χ0n) is 11.5. The molecule has 0 fully saturated rings. The number of aryl methyl sites for hydroxylation is 1. The first kappa shape index (κ1) is 15.1. The minimum absolute atomic E-state index is 0.160. The lowest BCUT2D eigenvalue weighted by Gasteiger charge is -2.07. The van der Waals surface area contributed by atoms with Crippen molar-refractivity contribution in [2.45, 2.75) is 11.9 Å². The molecule has 0 saturated heterocycles. The lowest BCUT2D eigenvalue weighted by atomic mass is 10.1. The van der Waals surface area contributed by atoms with Crippen LogP contribution in [-0.4, -0.2) is 22.6 Å². The molecule has 5 nitrogen and oxygen atoms in total. The number of nitrogens with one attached hydrogen (secondary N) is 1. The van der Waals surface area contributed by atoms with Gasteiger partial charge >= 0.3 is 0 Å². The molecule has 0 aliphatic rings. The Morgan fingerprint density at radius 2 is 2.10 bits per heavy atom. The highest BCUT2D eigenvalue weighted by Crippen LogP contribution is 2.17. The van der Waals surface area contributed by atoms with Gasteiger partial charge in [0.1, 0.15) is 0 Å². The molecular weight excluding hydrogens is 286 g/mol. The Morgan fingerprint density at radius 1 is 1.29 bits per heavy atom. The van der Waals surface area contributed by atoms with E-state index < -0.39 is 5.91 Å². The first-order valence-corrected chi connectivity index (χ1v) is 7.28. The summed E-state index contributed by atoms with van der Waals surface area (Å²) in [6, 6.07) is 10.6. The van der Waals surface area contributed by atoms with E-state index in [1.807, 2.05) is 25.1 Å². The van der Waals surface area contributed by atoms with E-state index in [0.717, 1.165) is 10.6 Å². The molecule has 0 spiro atoms. The quantitative estimate of drug-likeness (QED) is 0.829. The van der Waals surface area contributed by atoms with Gasteiger partial charge < -0.3 is 11.1 Å². The van der Waals surface area contributed by atoms with Crippen molar-refractivity contribution in [1.82, 2.24) is 4.98 Å². The second kappa shape index (κ2) is 6.90. The van der Waals surface area contributed by atoms with Crippen molar-refractivity contribution in [1.29, 1.82) is 0 Å². The third kappa shape index (κ3) is 4.61. The number of carbonyl (C=O) groups is 2. The van der Waals surface area contributed by atoms with E-state index in [0.29, 0.717) is 11.3 Å². The van der Waals surface area contributed by atoms with Crippen LogP contribution in [0.25, 0.3) is 0 Å². The summed E-state index contributed by atoms with van der Waals surface area (Å²) in [6.45, 7) is 1.84. The lowest BCUT2D eigenvalue weighted by Crippen LogP contribution is -2.16. The number of nitrogens with zero attached hydrogens (tertiary/aromatic N) is 1. The molecule has 0 aliphatic carbocycles. The molecule has 1 heterocycles. The molecule has 0 unspecified atom stereocenters. The minimum Gasteiger partial charge on any atom is -0.366 e.